The first-order valence-electron chi connectivity index (χ1n) is 19.5. The molecule has 0 amide bonds. The highest BCUT2D eigenvalue weighted by Crippen LogP contribution is 2.43. The number of benzene rings is 9. The third-order valence-electron chi connectivity index (χ3n) is 13.3. The van der Waals surface area contributed by atoms with Crippen molar-refractivity contribution < 1.29 is 4.42 Å². The molecule has 0 aliphatic carbocycles. The molecule has 0 N–H and O–H groups in total. The lowest BCUT2D eigenvalue weighted by Crippen LogP contribution is -2.50. The zero-order valence-corrected chi connectivity index (χ0v) is 33.0. The average molecular weight is 691 g/mol. The van der Waals surface area contributed by atoms with E-state index in [4.69, 9.17) is 4.42 Å². The summed E-state index contributed by atoms with van der Waals surface area (Å²) >= 11 is 0. The van der Waals surface area contributed by atoms with E-state index in [0.29, 0.717) is 0 Å². The molecule has 9 heteroatoms. The Morgan fingerprint density at radius 3 is 1.40 bits per heavy atom. The van der Waals surface area contributed by atoms with Crippen molar-refractivity contribution in [1.29, 1.82) is 0 Å². The number of fused-ring (bicyclic) bond motifs is 7. The molecule has 1 aromatic heterocycles. The molecule has 0 saturated carbocycles. The third kappa shape index (κ3) is 4.91. The van der Waals surface area contributed by atoms with Gasteiger partial charge in [0.2, 0.25) is 0 Å². The normalized spacial score (nSPS) is 11.9. The van der Waals surface area contributed by atoms with Crippen molar-refractivity contribution in [2.45, 2.75) is 0 Å². The second-order valence-electron chi connectivity index (χ2n) is 15.9. The van der Waals surface area contributed by atoms with E-state index in [1.807, 2.05) is 0 Å². The summed E-state index contributed by atoms with van der Waals surface area (Å²) in [7, 11) is 18.6. The van der Waals surface area contributed by atoms with E-state index in [-0.39, 0.29) is 0 Å². The molecule has 10 aromatic rings. The van der Waals surface area contributed by atoms with Gasteiger partial charge >= 0.3 is 0 Å². The summed E-state index contributed by atoms with van der Waals surface area (Å²) in [6.07, 6.45) is 0. The first-order valence-corrected chi connectivity index (χ1v) is 19.5. The fourth-order valence-electron chi connectivity index (χ4n) is 9.64. The zero-order valence-electron chi connectivity index (χ0n) is 33.0. The standard InChI is InChI=1S/C46H36B8O/c47-39-35-33(25-12-5-11-24(17-25)28-14-6-10-21-7-3-4-13-27(21)28)36-38(42(50)46(54)44(52)40(36)48)34(37(35)41(49)45(53)43(39)51)26-15-16-31-29(19-26)30-18-22-8-1-2-9-23(22)20-32(30)55-31/h1-20H,47-54H2. The van der Waals surface area contributed by atoms with Gasteiger partial charge in [-0.1, -0.05) is 113 Å². The minimum atomic E-state index is 0.921. The van der Waals surface area contributed by atoms with E-state index >= 15 is 0 Å². The van der Waals surface area contributed by atoms with Gasteiger partial charge in [0.05, 0.1) is 0 Å². The van der Waals surface area contributed by atoms with E-state index in [1.54, 1.807) is 0 Å². The first kappa shape index (κ1) is 33.9. The largest absolute Gasteiger partial charge is 0.456 e. The molecule has 0 spiro atoms. The number of hydrogen-bond acceptors (Lipinski definition) is 1. The van der Waals surface area contributed by atoms with Crippen molar-refractivity contribution in [3.05, 3.63) is 121 Å². The molecule has 0 atom stereocenters. The van der Waals surface area contributed by atoms with Crippen LogP contribution < -0.4 is 43.7 Å². The fourth-order valence-corrected chi connectivity index (χ4v) is 9.64. The van der Waals surface area contributed by atoms with E-state index < -0.39 is 0 Å². The maximum Gasteiger partial charge on any atom is 0.139 e. The second-order valence-corrected chi connectivity index (χ2v) is 15.9. The molecule has 0 radical (unpaired) electrons. The van der Waals surface area contributed by atoms with Gasteiger partial charge in [0.25, 0.3) is 0 Å². The molecule has 10 rings (SSSR count). The minimum Gasteiger partial charge on any atom is -0.456 e. The molecule has 0 saturated heterocycles. The summed E-state index contributed by atoms with van der Waals surface area (Å²) in [6.45, 7) is 0. The van der Waals surface area contributed by atoms with Crippen molar-refractivity contribution in [1.82, 2.24) is 0 Å². The van der Waals surface area contributed by atoms with Crippen LogP contribution in [0.2, 0.25) is 0 Å². The average Bonchev–Trinajstić information content (AvgIpc) is 3.57. The Labute approximate surface area is 329 Å². The van der Waals surface area contributed by atoms with Crippen LogP contribution in [0.1, 0.15) is 0 Å². The molecule has 1 nitrogen and oxygen atoms in total. The van der Waals surface area contributed by atoms with Crippen molar-refractivity contribution >= 4 is 172 Å². The molecule has 1 heterocycles. The van der Waals surface area contributed by atoms with E-state index in [9.17, 15) is 0 Å². The van der Waals surface area contributed by atoms with Crippen LogP contribution in [0.5, 0.6) is 0 Å². The van der Waals surface area contributed by atoms with Gasteiger partial charge < -0.3 is 4.42 Å². The molecule has 0 unspecified atom stereocenters. The van der Waals surface area contributed by atoms with Crippen LogP contribution in [0.15, 0.2) is 126 Å². The SMILES string of the molecule is Bc1c(B)c(B)c2c(-c3ccc4oc5cc6ccccc6cc5c4c3)c3c(B)c(B)c(B)c(B)c3c(-c3cccc(-c4cccc5ccccc45)c3)c2c1B. The predicted molar refractivity (Wildman–Crippen MR) is 265 cm³/mol. The van der Waals surface area contributed by atoms with Gasteiger partial charge in [-0.25, -0.2) is 0 Å². The summed E-state index contributed by atoms with van der Waals surface area (Å²) in [6, 6.07) is 44.7. The maximum atomic E-state index is 6.53. The Morgan fingerprint density at radius 1 is 0.309 bits per heavy atom. The molecule has 55 heavy (non-hydrogen) atoms. The Hall–Kier alpha value is -5.66. The van der Waals surface area contributed by atoms with Crippen LogP contribution >= 0.6 is 0 Å². The summed E-state index contributed by atoms with van der Waals surface area (Å²) in [5.74, 6) is 0. The molecule has 0 bridgehead atoms. The summed E-state index contributed by atoms with van der Waals surface area (Å²) < 4.78 is 6.53. The molecule has 0 aliphatic rings. The highest BCUT2D eigenvalue weighted by Gasteiger charge is 2.26. The Balaban J connectivity index is 1.37. The van der Waals surface area contributed by atoms with Crippen molar-refractivity contribution in [2.24, 2.45) is 0 Å². The highest BCUT2D eigenvalue weighted by atomic mass is 16.3. The quantitative estimate of drug-likeness (QED) is 0.176. The fraction of sp³-hybridized carbons (Fsp3) is 0. The van der Waals surface area contributed by atoms with Gasteiger partial charge in [-0.05, 0) is 107 Å². The van der Waals surface area contributed by atoms with E-state index in [0.717, 1.165) is 21.9 Å². The monoisotopic (exact) mass is 692 g/mol. The van der Waals surface area contributed by atoms with Gasteiger partial charge in [0.1, 0.15) is 73.9 Å². The van der Waals surface area contributed by atoms with Crippen LogP contribution in [-0.2, 0) is 0 Å². The van der Waals surface area contributed by atoms with Gasteiger partial charge in [0.15, 0.2) is 0 Å². The van der Waals surface area contributed by atoms with Gasteiger partial charge in [-0.3, -0.25) is 0 Å². The number of furan rings is 1. The summed E-state index contributed by atoms with van der Waals surface area (Å²) in [5, 5.41) is 12.7. The lowest BCUT2D eigenvalue weighted by molar-refractivity contribution is 0.669. The highest BCUT2D eigenvalue weighted by molar-refractivity contribution is 6.71. The van der Waals surface area contributed by atoms with Crippen molar-refractivity contribution in [3.63, 3.8) is 0 Å². The zero-order chi connectivity index (χ0) is 37.9. The van der Waals surface area contributed by atoms with Crippen molar-refractivity contribution in [3.8, 4) is 33.4 Å². The molecular formula is C46H36B8O. The van der Waals surface area contributed by atoms with E-state index in [1.165, 1.54) is 120 Å². The predicted octanol–water partition coefficient (Wildman–Crippen LogP) is -0.733. The van der Waals surface area contributed by atoms with Crippen LogP contribution in [-0.4, -0.2) is 62.8 Å². The van der Waals surface area contributed by atoms with E-state index in [2.05, 4.69) is 184 Å². The number of hydrogen-bond donors (Lipinski definition) is 0. The first-order chi connectivity index (χ1) is 26.6. The van der Waals surface area contributed by atoms with Gasteiger partial charge in [-0.15, -0.1) is 21.9 Å². The van der Waals surface area contributed by atoms with Crippen molar-refractivity contribution in [2.75, 3.05) is 0 Å². The lowest BCUT2D eigenvalue weighted by atomic mass is 9.59. The summed E-state index contributed by atoms with van der Waals surface area (Å²) in [4.78, 5) is 0. The minimum absolute atomic E-state index is 0.921. The lowest BCUT2D eigenvalue weighted by Gasteiger charge is -2.28. The van der Waals surface area contributed by atoms with Crippen LogP contribution in [0.3, 0.4) is 0 Å². The molecule has 250 valence electrons. The van der Waals surface area contributed by atoms with Crippen LogP contribution in [0.4, 0.5) is 0 Å². The second kappa shape index (κ2) is 12.4. The molecule has 0 aliphatic heterocycles. The Kier molecular flexibility index (Phi) is 7.66. The smallest absolute Gasteiger partial charge is 0.139 e. The molecule has 0 fully saturated rings. The number of rotatable bonds is 3. The molecular weight excluding hydrogens is 655 g/mol. The van der Waals surface area contributed by atoms with Gasteiger partial charge in [0, 0.05) is 10.8 Å². The Bertz CT molecular complexity index is 3220. The maximum absolute atomic E-state index is 6.53. The van der Waals surface area contributed by atoms with Crippen LogP contribution in [0, 0.1) is 0 Å². The Morgan fingerprint density at radius 2 is 0.782 bits per heavy atom. The third-order valence-corrected chi connectivity index (χ3v) is 13.3. The topological polar surface area (TPSA) is 13.1 Å². The van der Waals surface area contributed by atoms with Gasteiger partial charge in [-0.2, -0.15) is 0 Å². The summed E-state index contributed by atoms with van der Waals surface area (Å²) in [5.41, 5.74) is 20.3. The van der Waals surface area contributed by atoms with Crippen LogP contribution in [0.25, 0.3) is 98.4 Å². The molecule has 9 aromatic carbocycles.